The number of aromatic amines is 1. The van der Waals surface area contributed by atoms with Crippen molar-refractivity contribution >= 4 is 17.5 Å². The van der Waals surface area contributed by atoms with E-state index in [-0.39, 0.29) is 17.4 Å². The molecule has 186 valence electrons. The highest BCUT2D eigenvalue weighted by atomic mass is 35.5. The molecule has 1 amide bonds. The molecule has 0 atom stereocenters. The minimum Gasteiger partial charge on any atom is -0.475 e. The van der Waals surface area contributed by atoms with Gasteiger partial charge in [-0.2, -0.15) is 0 Å². The Hall–Kier alpha value is -3.27. The molecule has 1 aromatic carbocycles. The molecule has 0 aliphatic rings. The molecule has 0 aliphatic heterocycles. The van der Waals surface area contributed by atoms with Gasteiger partial charge < -0.3 is 24.5 Å². The van der Waals surface area contributed by atoms with Crippen molar-refractivity contribution in [2.75, 3.05) is 33.5 Å². The van der Waals surface area contributed by atoms with E-state index in [1.54, 1.807) is 37.6 Å². The number of ether oxygens (including phenoxy) is 3. The maximum absolute atomic E-state index is 12.4. The second-order valence-corrected chi connectivity index (χ2v) is 8.41. The highest BCUT2D eigenvalue weighted by molar-refractivity contribution is 6.33. The van der Waals surface area contributed by atoms with E-state index in [1.165, 1.54) is 6.07 Å². The number of halogens is 1. The van der Waals surface area contributed by atoms with E-state index in [4.69, 9.17) is 25.8 Å². The van der Waals surface area contributed by atoms with Gasteiger partial charge in [0.25, 0.3) is 5.56 Å². The fourth-order valence-corrected chi connectivity index (χ4v) is 3.26. The molecule has 2 heterocycles. The molecule has 9 nitrogen and oxygen atoms in total. The average molecular weight is 501 g/mol. The summed E-state index contributed by atoms with van der Waals surface area (Å²) in [5.74, 6) is 0.598. The van der Waals surface area contributed by atoms with Crippen molar-refractivity contribution in [3.8, 4) is 28.5 Å². The third-order valence-electron chi connectivity index (χ3n) is 4.96. The maximum Gasteiger partial charge on any atom is 0.251 e. The van der Waals surface area contributed by atoms with Crippen molar-refractivity contribution < 1.29 is 19.0 Å². The number of pyridine rings is 1. The van der Waals surface area contributed by atoms with Gasteiger partial charge in [0, 0.05) is 49.0 Å². The van der Waals surface area contributed by atoms with Crippen molar-refractivity contribution in [2.24, 2.45) is 5.92 Å². The largest absolute Gasteiger partial charge is 0.475 e. The van der Waals surface area contributed by atoms with Crippen LogP contribution in [0.25, 0.3) is 22.6 Å². The molecular formula is C25H29ClN4O5. The summed E-state index contributed by atoms with van der Waals surface area (Å²) in [7, 11) is 1.62. The number of nitrogens with zero attached hydrogens (tertiary/aromatic N) is 2. The lowest BCUT2D eigenvalue weighted by Crippen LogP contribution is -2.27. The third kappa shape index (κ3) is 7.88. The number of hydrogen-bond donors (Lipinski definition) is 2. The second kappa shape index (κ2) is 13.0. The van der Waals surface area contributed by atoms with Gasteiger partial charge in [-0.25, -0.2) is 9.97 Å². The van der Waals surface area contributed by atoms with Crippen molar-refractivity contribution in [1.29, 1.82) is 0 Å². The summed E-state index contributed by atoms with van der Waals surface area (Å²) in [6.07, 6.45) is 1.59. The Morgan fingerprint density at radius 2 is 1.91 bits per heavy atom. The van der Waals surface area contributed by atoms with Gasteiger partial charge in [-0.05, 0) is 23.8 Å². The smallest absolute Gasteiger partial charge is 0.251 e. The minimum atomic E-state index is -0.326. The molecule has 0 radical (unpaired) electrons. The number of H-pyrrole nitrogens is 1. The Bertz CT molecular complexity index is 1180. The van der Waals surface area contributed by atoms with E-state index in [9.17, 15) is 9.59 Å². The molecule has 2 N–H and O–H groups in total. The van der Waals surface area contributed by atoms with E-state index in [0.29, 0.717) is 66.5 Å². The molecule has 0 bridgehead atoms. The first-order valence-electron chi connectivity index (χ1n) is 11.2. The van der Waals surface area contributed by atoms with Gasteiger partial charge in [0.15, 0.2) is 0 Å². The minimum absolute atomic E-state index is 0.0476. The van der Waals surface area contributed by atoms with Crippen LogP contribution in [0.2, 0.25) is 5.02 Å². The quantitative estimate of drug-likeness (QED) is 0.366. The van der Waals surface area contributed by atoms with Crippen LogP contribution in [-0.2, 0) is 20.8 Å². The molecule has 0 aliphatic carbocycles. The normalized spacial score (nSPS) is 11.0. The maximum atomic E-state index is 12.4. The number of carbonyl (C=O) groups is 1. The standard InChI is InChI=1S/C25H29ClN4O5/c1-16(2)25(32)28-14-17-4-6-20(26)19(12-17)24-29-21(13-22(31)30-24)18-5-7-23(27-15-18)35-11-10-34-9-8-33-3/h4-7,12-13,15-16H,8-11,14H2,1-3H3,(H,28,32)(H,29,30,31). The number of hydrogen-bond acceptors (Lipinski definition) is 7. The molecule has 0 fully saturated rings. The van der Waals surface area contributed by atoms with Crippen molar-refractivity contribution in [1.82, 2.24) is 20.3 Å². The van der Waals surface area contributed by atoms with Crippen molar-refractivity contribution in [3.63, 3.8) is 0 Å². The zero-order valence-electron chi connectivity index (χ0n) is 20.0. The van der Waals surface area contributed by atoms with Crippen LogP contribution in [0.5, 0.6) is 5.88 Å². The van der Waals surface area contributed by atoms with Crippen LogP contribution in [0, 0.1) is 5.92 Å². The summed E-state index contributed by atoms with van der Waals surface area (Å²) < 4.78 is 15.8. The lowest BCUT2D eigenvalue weighted by atomic mass is 10.1. The SMILES string of the molecule is COCCOCCOc1ccc(-c2cc(=O)[nH]c(-c3cc(CNC(=O)C(C)C)ccc3Cl)n2)cn1. The Morgan fingerprint density at radius 3 is 2.63 bits per heavy atom. The summed E-state index contributed by atoms with van der Waals surface area (Å²) >= 11 is 6.41. The number of benzene rings is 1. The molecule has 0 saturated carbocycles. The van der Waals surface area contributed by atoms with Crippen LogP contribution in [0.3, 0.4) is 0 Å². The van der Waals surface area contributed by atoms with E-state index >= 15 is 0 Å². The molecule has 35 heavy (non-hydrogen) atoms. The predicted molar refractivity (Wildman–Crippen MR) is 133 cm³/mol. The van der Waals surface area contributed by atoms with Crippen LogP contribution in [0.4, 0.5) is 0 Å². The summed E-state index contributed by atoms with van der Waals surface area (Å²) in [4.78, 5) is 35.9. The summed E-state index contributed by atoms with van der Waals surface area (Å²) in [5.41, 5.74) is 2.16. The number of rotatable bonds is 12. The fraction of sp³-hybridized carbons (Fsp3) is 0.360. The Balaban J connectivity index is 1.74. The molecule has 0 spiro atoms. The summed E-state index contributed by atoms with van der Waals surface area (Å²) in [6.45, 7) is 5.81. The van der Waals surface area contributed by atoms with Gasteiger partial charge in [0.1, 0.15) is 12.4 Å². The summed E-state index contributed by atoms with van der Waals surface area (Å²) in [5, 5.41) is 3.30. The number of aromatic nitrogens is 3. The number of nitrogens with one attached hydrogen (secondary N) is 2. The molecular weight excluding hydrogens is 472 g/mol. The van der Waals surface area contributed by atoms with Gasteiger partial charge in [-0.15, -0.1) is 0 Å². The predicted octanol–water partition coefficient (Wildman–Crippen LogP) is 3.47. The number of methoxy groups -OCH3 is 1. The second-order valence-electron chi connectivity index (χ2n) is 8.00. The highest BCUT2D eigenvalue weighted by Gasteiger charge is 2.12. The van der Waals surface area contributed by atoms with Crippen molar-refractivity contribution in [2.45, 2.75) is 20.4 Å². The lowest BCUT2D eigenvalue weighted by molar-refractivity contribution is -0.124. The van der Waals surface area contributed by atoms with Gasteiger partial charge >= 0.3 is 0 Å². The van der Waals surface area contributed by atoms with Gasteiger partial charge in [-0.3, -0.25) is 9.59 Å². The van der Waals surface area contributed by atoms with Crippen molar-refractivity contribution in [3.05, 3.63) is 63.5 Å². The molecule has 3 aromatic rings. The first-order valence-corrected chi connectivity index (χ1v) is 11.6. The Kier molecular flexibility index (Phi) is 9.77. The lowest BCUT2D eigenvalue weighted by Gasteiger charge is -2.11. The molecule has 2 aromatic heterocycles. The Labute approximate surface area is 208 Å². The first kappa shape index (κ1) is 26.3. The molecule has 0 unspecified atom stereocenters. The first-order chi connectivity index (χ1) is 16.9. The van der Waals surface area contributed by atoms with E-state index in [0.717, 1.165) is 5.56 Å². The zero-order chi connectivity index (χ0) is 25.2. The van der Waals surface area contributed by atoms with E-state index in [2.05, 4.69) is 20.3 Å². The van der Waals surface area contributed by atoms with Crippen LogP contribution in [0.1, 0.15) is 19.4 Å². The average Bonchev–Trinajstić information content (AvgIpc) is 2.85. The topological polar surface area (TPSA) is 115 Å². The monoisotopic (exact) mass is 500 g/mol. The number of carbonyl (C=O) groups excluding carboxylic acids is 1. The van der Waals surface area contributed by atoms with Gasteiger partial charge in [-0.1, -0.05) is 31.5 Å². The molecule has 3 rings (SSSR count). The molecule has 10 heteroatoms. The summed E-state index contributed by atoms with van der Waals surface area (Å²) in [6, 6.07) is 10.2. The van der Waals surface area contributed by atoms with Crippen LogP contribution in [-0.4, -0.2) is 54.4 Å². The third-order valence-corrected chi connectivity index (χ3v) is 5.29. The van der Waals surface area contributed by atoms with E-state index in [1.807, 2.05) is 19.9 Å². The van der Waals surface area contributed by atoms with Crippen LogP contribution < -0.4 is 15.6 Å². The zero-order valence-corrected chi connectivity index (χ0v) is 20.7. The fourth-order valence-electron chi connectivity index (χ4n) is 3.06. The highest BCUT2D eigenvalue weighted by Crippen LogP contribution is 2.27. The van der Waals surface area contributed by atoms with E-state index < -0.39 is 0 Å². The molecule has 0 saturated heterocycles. The Morgan fingerprint density at radius 1 is 1.11 bits per heavy atom. The van der Waals surface area contributed by atoms with Crippen LogP contribution >= 0.6 is 11.6 Å². The number of amides is 1. The van der Waals surface area contributed by atoms with Gasteiger partial charge in [0.05, 0.1) is 30.5 Å². The van der Waals surface area contributed by atoms with Gasteiger partial charge in [0.2, 0.25) is 11.8 Å². The van der Waals surface area contributed by atoms with Crippen LogP contribution in [0.15, 0.2) is 47.4 Å².